The second-order valence-electron chi connectivity index (χ2n) is 4.05. The number of ether oxygens (including phenoxy) is 1. The number of carbonyl (C=O) groups excluding carboxylic acids is 1. The summed E-state index contributed by atoms with van der Waals surface area (Å²) in [5.41, 5.74) is 12.3. The number of quaternary nitrogens is 1. The van der Waals surface area contributed by atoms with Crippen LogP contribution < -0.4 is 20.7 Å². The maximum Gasteiger partial charge on any atom is 0.426 e. The molecule has 0 bridgehead atoms. The van der Waals surface area contributed by atoms with E-state index in [0.29, 0.717) is 17.9 Å². The van der Waals surface area contributed by atoms with Crippen molar-refractivity contribution in [3.63, 3.8) is 0 Å². The lowest BCUT2D eigenvalue weighted by molar-refractivity contribution is 0.234. The summed E-state index contributed by atoms with van der Waals surface area (Å²) in [5, 5.41) is 7.65. The van der Waals surface area contributed by atoms with Crippen molar-refractivity contribution in [3.05, 3.63) is 23.8 Å². The standard InChI is InChI=1S/C12H18N4O2/c1-4-8-6-5-7-9(18-3)10(8)16(2,11(13)14)12(15)17/h5-7H,4H2,1-3H3,(H4-,13,14,15,17)/p+1. The van der Waals surface area contributed by atoms with Crippen LogP contribution in [0.2, 0.25) is 0 Å². The Morgan fingerprint density at radius 3 is 2.44 bits per heavy atom. The summed E-state index contributed by atoms with van der Waals surface area (Å²) in [7, 11) is 2.99. The number of nitrogens with two attached hydrogens (primary N) is 2. The Kier molecular flexibility index (Phi) is 3.93. The summed E-state index contributed by atoms with van der Waals surface area (Å²) in [5.74, 6) is 0.146. The first-order chi connectivity index (χ1) is 8.39. The molecule has 0 saturated heterocycles. The van der Waals surface area contributed by atoms with Gasteiger partial charge in [-0.2, -0.15) is 0 Å². The Balaban J connectivity index is 3.64. The number of hydrogen-bond donors (Lipinski definition) is 3. The van der Waals surface area contributed by atoms with Crippen molar-refractivity contribution in [2.75, 3.05) is 14.2 Å². The molecular formula is C12H19N4O2+. The SMILES string of the molecule is CCc1cccc(OC)c1[N+](C)(C(=N)N)C(N)=O. The van der Waals surface area contributed by atoms with E-state index in [1.807, 2.05) is 19.1 Å². The molecule has 0 aliphatic heterocycles. The van der Waals surface area contributed by atoms with Crippen LogP contribution in [0.15, 0.2) is 18.2 Å². The second kappa shape index (κ2) is 5.05. The first-order valence-electron chi connectivity index (χ1n) is 5.57. The number of aryl methyl sites for hydroxylation is 1. The van der Waals surface area contributed by atoms with Crippen LogP contribution in [-0.2, 0) is 6.42 Å². The Morgan fingerprint density at radius 2 is 2.06 bits per heavy atom. The van der Waals surface area contributed by atoms with Crippen LogP contribution in [0.25, 0.3) is 0 Å². The third kappa shape index (κ3) is 2.02. The van der Waals surface area contributed by atoms with Gasteiger partial charge in [-0.15, -0.1) is 4.48 Å². The lowest BCUT2D eigenvalue weighted by atomic mass is 10.1. The molecule has 0 aliphatic rings. The first kappa shape index (κ1) is 14.0. The lowest BCUT2D eigenvalue weighted by Gasteiger charge is -2.29. The van der Waals surface area contributed by atoms with Crippen LogP contribution in [-0.4, -0.2) is 26.1 Å². The summed E-state index contributed by atoms with van der Waals surface area (Å²) in [6, 6.07) is 4.69. The monoisotopic (exact) mass is 251 g/mol. The van der Waals surface area contributed by atoms with E-state index in [-0.39, 0.29) is 5.96 Å². The zero-order valence-electron chi connectivity index (χ0n) is 10.9. The second-order valence-corrected chi connectivity index (χ2v) is 4.05. The van der Waals surface area contributed by atoms with E-state index < -0.39 is 10.5 Å². The van der Waals surface area contributed by atoms with Gasteiger partial charge in [0.25, 0.3) is 0 Å². The Labute approximate surface area is 106 Å². The summed E-state index contributed by atoms with van der Waals surface area (Å²) in [6.07, 6.45) is 0.681. The number of methoxy groups -OCH3 is 1. The van der Waals surface area contributed by atoms with Gasteiger partial charge in [-0.25, -0.2) is 10.2 Å². The molecular weight excluding hydrogens is 232 g/mol. The quantitative estimate of drug-likeness (QED) is 0.427. The average molecular weight is 251 g/mol. The molecule has 0 saturated carbocycles. The molecule has 6 nitrogen and oxygen atoms in total. The van der Waals surface area contributed by atoms with Gasteiger partial charge in [0, 0.05) is 5.56 Å². The largest absolute Gasteiger partial charge is 0.491 e. The van der Waals surface area contributed by atoms with Gasteiger partial charge in [-0.05, 0) is 12.5 Å². The summed E-state index contributed by atoms with van der Waals surface area (Å²) in [4.78, 5) is 11.7. The number of amides is 2. The molecule has 1 atom stereocenters. The van der Waals surface area contributed by atoms with Crippen molar-refractivity contribution in [3.8, 4) is 5.75 Å². The molecule has 1 aromatic rings. The minimum Gasteiger partial charge on any atom is -0.491 e. The van der Waals surface area contributed by atoms with Gasteiger partial charge in [-0.3, -0.25) is 0 Å². The molecule has 0 aromatic heterocycles. The normalized spacial score (nSPS) is 13.7. The summed E-state index contributed by atoms with van der Waals surface area (Å²) < 4.78 is 4.67. The molecule has 6 heteroatoms. The molecule has 2 amide bonds. The van der Waals surface area contributed by atoms with Crippen LogP contribution in [0.4, 0.5) is 10.5 Å². The fourth-order valence-electron chi connectivity index (χ4n) is 1.87. The number of hydrogen-bond acceptors (Lipinski definition) is 3. The fraction of sp³-hybridized carbons (Fsp3) is 0.333. The van der Waals surface area contributed by atoms with E-state index in [9.17, 15) is 4.79 Å². The number of primary amides is 1. The molecule has 5 N–H and O–H groups in total. The highest BCUT2D eigenvalue weighted by Crippen LogP contribution is 2.36. The van der Waals surface area contributed by atoms with Crippen molar-refractivity contribution in [2.24, 2.45) is 11.5 Å². The van der Waals surface area contributed by atoms with Gasteiger partial charge in [0.1, 0.15) is 0 Å². The number of nitrogens with zero attached hydrogens (tertiary/aromatic N) is 1. The number of para-hydroxylation sites is 1. The molecule has 0 aliphatic carbocycles. The Bertz CT molecular complexity index is 449. The molecule has 0 spiro atoms. The number of carbonyl (C=O) groups is 1. The third-order valence-electron chi connectivity index (χ3n) is 3.05. The van der Waals surface area contributed by atoms with Crippen LogP contribution in [0.1, 0.15) is 12.5 Å². The van der Waals surface area contributed by atoms with Crippen LogP contribution >= 0.6 is 0 Å². The molecule has 0 heterocycles. The molecule has 18 heavy (non-hydrogen) atoms. The Morgan fingerprint density at radius 1 is 1.44 bits per heavy atom. The highest BCUT2D eigenvalue weighted by Gasteiger charge is 2.41. The van der Waals surface area contributed by atoms with E-state index in [1.54, 1.807) is 6.07 Å². The van der Waals surface area contributed by atoms with Crippen molar-refractivity contribution < 1.29 is 9.53 Å². The number of urea groups is 1. The Hall–Kier alpha value is -2.08. The fourth-order valence-corrected chi connectivity index (χ4v) is 1.87. The number of nitrogens with one attached hydrogen (secondary N) is 1. The van der Waals surface area contributed by atoms with Crippen LogP contribution in [0, 0.1) is 5.41 Å². The van der Waals surface area contributed by atoms with Crippen molar-refractivity contribution in [1.29, 1.82) is 5.41 Å². The molecule has 98 valence electrons. The molecule has 0 radical (unpaired) electrons. The summed E-state index contributed by atoms with van der Waals surface area (Å²) >= 11 is 0. The van der Waals surface area contributed by atoms with Crippen molar-refractivity contribution in [1.82, 2.24) is 4.48 Å². The zero-order valence-corrected chi connectivity index (χ0v) is 10.9. The van der Waals surface area contributed by atoms with Gasteiger partial charge in [0.15, 0.2) is 11.4 Å². The predicted molar refractivity (Wildman–Crippen MR) is 71.6 cm³/mol. The number of guanidine groups is 1. The van der Waals surface area contributed by atoms with Crippen LogP contribution in [0.5, 0.6) is 5.75 Å². The predicted octanol–water partition coefficient (Wildman–Crippen LogP) is 1.17. The van der Waals surface area contributed by atoms with E-state index >= 15 is 0 Å². The summed E-state index contributed by atoms with van der Waals surface area (Å²) in [6.45, 7) is 1.95. The van der Waals surface area contributed by atoms with E-state index in [0.717, 1.165) is 5.56 Å². The van der Waals surface area contributed by atoms with Crippen LogP contribution in [0.3, 0.4) is 0 Å². The molecule has 1 rings (SSSR count). The average Bonchev–Trinajstić information content (AvgIpc) is 2.36. The van der Waals surface area contributed by atoms with Crippen molar-refractivity contribution >= 4 is 17.7 Å². The number of rotatable bonds is 3. The van der Waals surface area contributed by atoms with E-state index in [1.165, 1.54) is 14.2 Å². The highest BCUT2D eigenvalue weighted by atomic mass is 16.5. The van der Waals surface area contributed by atoms with Crippen molar-refractivity contribution in [2.45, 2.75) is 13.3 Å². The maximum absolute atomic E-state index is 11.7. The topological polar surface area (TPSA) is 102 Å². The van der Waals surface area contributed by atoms with E-state index in [4.69, 9.17) is 21.6 Å². The minimum atomic E-state index is -0.721. The van der Waals surface area contributed by atoms with Gasteiger partial charge in [0.2, 0.25) is 0 Å². The lowest BCUT2D eigenvalue weighted by Crippen LogP contribution is -2.61. The van der Waals surface area contributed by atoms with Gasteiger partial charge in [0.05, 0.1) is 14.2 Å². The zero-order chi connectivity index (χ0) is 13.9. The van der Waals surface area contributed by atoms with Gasteiger partial charge >= 0.3 is 12.0 Å². The van der Waals surface area contributed by atoms with E-state index in [2.05, 4.69) is 0 Å². The van der Waals surface area contributed by atoms with Gasteiger partial charge < -0.3 is 16.2 Å². The first-order valence-corrected chi connectivity index (χ1v) is 5.57. The molecule has 1 unspecified atom stereocenters. The molecule has 1 aromatic carbocycles. The van der Waals surface area contributed by atoms with Gasteiger partial charge in [-0.1, -0.05) is 19.1 Å². The highest BCUT2D eigenvalue weighted by molar-refractivity contribution is 6.08. The third-order valence-corrected chi connectivity index (χ3v) is 3.05. The minimum absolute atomic E-state index is 0.346. The smallest absolute Gasteiger partial charge is 0.426 e. The number of benzene rings is 1. The maximum atomic E-state index is 11.7. The molecule has 0 fully saturated rings.